The zero-order valence-corrected chi connectivity index (χ0v) is 10.8. The second kappa shape index (κ2) is 4.74. The van der Waals surface area contributed by atoms with Crippen LogP contribution in [0.3, 0.4) is 0 Å². The van der Waals surface area contributed by atoms with Gasteiger partial charge in [-0.25, -0.2) is 8.42 Å². The van der Waals surface area contributed by atoms with Crippen LogP contribution < -0.4 is 29.6 Å². The third-order valence-corrected chi connectivity index (χ3v) is 3.02. The molecule has 0 aromatic heterocycles. The topological polar surface area (TPSA) is 57.9 Å². The summed E-state index contributed by atoms with van der Waals surface area (Å²) < 4.78 is 21.8. The van der Waals surface area contributed by atoms with E-state index in [-0.39, 0.29) is 34.5 Å². The molecule has 0 saturated heterocycles. The quantitative estimate of drug-likeness (QED) is 0.619. The van der Waals surface area contributed by atoms with Crippen molar-refractivity contribution in [3.8, 4) is 0 Å². The average Bonchev–Trinajstić information content (AvgIpc) is 1.86. The zero-order chi connectivity index (χ0) is 8.48. The fourth-order valence-electron chi connectivity index (χ4n) is 0.663. The summed E-state index contributed by atoms with van der Waals surface area (Å²) >= 11 is 3.03. The van der Waals surface area contributed by atoms with Gasteiger partial charge >= 0.3 is 29.6 Å². The standard InChI is InChI=1S/C6H5BrNO2S.Na/c7-5-3-1-2-4-6(5)11(8,9)10;/h1-4H,(H-,8,9,10);/q-1;+1. The van der Waals surface area contributed by atoms with Gasteiger partial charge in [0.05, 0.1) is 14.9 Å². The Morgan fingerprint density at radius 2 is 1.75 bits per heavy atom. The summed E-state index contributed by atoms with van der Waals surface area (Å²) in [5, 5.41) is 6.76. The van der Waals surface area contributed by atoms with E-state index >= 15 is 0 Å². The van der Waals surface area contributed by atoms with Gasteiger partial charge in [0.2, 0.25) is 0 Å². The Morgan fingerprint density at radius 3 is 2.08 bits per heavy atom. The summed E-state index contributed by atoms with van der Waals surface area (Å²) in [6.45, 7) is 0. The van der Waals surface area contributed by atoms with Crippen LogP contribution in [-0.4, -0.2) is 8.42 Å². The molecule has 3 nitrogen and oxygen atoms in total. The van der Waals surface area contributed by atoms with E-state index in [1.54, 1.807) is 18.2 Å². The SMILES string of the molecule is [NH-]S(=O)(=O)c1ccccc1Br.[Na+]. The molecule has 0 radical (unpaired) electrons. The van der Waals surface area contributed by atoms with Crippen LogP contribution >= 0.6 is 15.9 Å². The monoisotopic (exact) mass is 257 g/mol. The molecular formula is C6H5BrNNaO2S. The minimum absolute atomic E-state index is 0. The number of halogens is 1. The maximum Gasteiger partial charge on any atom is 1.00 e. The minimum atomic E-state index is -3.83. The van der Waals surface area contributed by atoms with Crippen molar-refractivity contribution in [1.82, 2.24) is 0 Å². The summed E-state index contributed by atoms with van der Waals surface area (Å²) in [7, 11) is -3.83. The largest absolute Gasteiger partial charge is 1.00 e. The molecule has 0 aliphatic carbocycles. The Hall–Kier alpha value is 0.610. The predicted molar refractivity (Wildman–Crippen MR) is 45.6 cm³/mol. The van der Waals surface area contributed by atoms with E-state index in [0.29, 0.717) is 4.47 Å². The van der Waals surface area contributed by atoms with Crippen molar-refractivity contribution >= 4 is 26.0 Å². The van der Waals surface area contributed by atoms with Gasteiger partial charge in [0.15, 0.2) is 0 Å². The summed E-state index contributed by atoms with van der Waals surface area (Å²) in [5.41, 5.74) is 0. The fraction of sp³-hybridized carbons (Fsp3) is 0. The Morgan fingerprint density at radius 1 is 1.25 bits per heavy atom. The summed E-state index contributed by atoms with van der Waals surface area (Å²) in [6, 6.07) is 6.23. The summed E-state index contributed by atoms with van der Waals surface area (Å²) in [6.07, 6.45) is 0. The molecule has 0 heterocycles. The van der Waals surface area contributed by atoms with Crippen molar-refractivity contribution in [1.29, 1.82) is 0 Å². The Labute approximate surface area is 102 Å². The molecule has 0 amide bonds. The van der Waals surface area contributed by atoms with Crippen molar-refractivity contribution < 1.29 is 38.0 Å². The van der Waals surface area contributed by atoms with Crippen molar-refractivity contribution in [2.45, 2.75) is 4.90 Å². The number of benzene rings is 1. The van der Waals surface area contributed by atoms with Crippen molar-refractivity contribution in [3.05, 3.63) is 33.9 Å². The van der Waals surface area contributed by atoms with Crippen LogP contribution in [0.15, 0.2) is 33.6 Å². The molecule has 0 aliphatic heterocycles. The molecule has 0 aliphatic rings. The Kier molecular flexibility index (Phi) is 4.98. The zero-order valence-electron chi connectivity index (χ0n) is 6.41. The van der Waals surface area contributed by atoms with Gasteiger partial charge in [-0.05, 0) is 28.1 Å². The van der Waals surface area contributed by atoms with Gasteiger partial charge in [0.25, 0.3) is 0 Å². The number of hydrogen-bond donors (Lipinski definition) is 0. The number of rotatable bonds is 1. The molecule has 0 atom stereocenters. The molecule has 6 heteroatoms. The first kappa shape index (κ1) is 12.6. The second-order valence-corrected chi connectivity index (χ2v) is 4.23. The van der Waals surface area contributed by atoms with Crippen LogP contribution in [0.1, 0.15) is 0 Å². The number of sulfonamides is 1. The van der Waals surface area contributed by atoms with Crippen LogP contribution in [0.25, 0.3) is 5.14 Å². The molecule has 0 saturated carbocycles. The van der Waals surface area contributed by atoms with Gasteiger partial charge in [-0.15, -0.1) is 0 Å². The van der Waals surface area contributed by atoms with E-state index in [9.17, 15) is 8.42 Å². The molecule has 0 fully saturated rings. The van der Waals surface area contributed by atoms with Gasteiger partial charge in [0, 0.05) is 4.47 Å². The maximum absolute atomic E-state index is 10.7. The fourth-order valence-corrected chi connectivity index (χ4v) is 2.17. The van der Waals surface area contributed by atoms with Gasteiger partial charge in [-0.1, -0.05) is 12.1 Å². The molecule has 0 unspecified atom stereocenters. The third kappa shape index (κ3) is 3.16. The van der Waals surface area contributed by atoms with Gasteiger partial charge in [0.1, 0.15) is 0 Å². The molecular weight excluding hydrogens is 253 g/mol. The van der Waals surface area contributed by atoms with E-state index in [0.717, 1.165) is 0 Å². The van der Waals surface area contributed by atoms with Gasteiger partial charge in [-0.2, -0.15) is 0 Å². The Balaban J connectivity index is 0.00000121. The van der Waals surface area contributed by atoms with E-state index in [4.69, 9.17) is 5.14 Å². The first-order valence-corrected chi connectivity index (χ1v) is 5.03. The first-order chi connectivity index (χ1) is 5.02. The molecule has 0 bridgehead atoms. The maximum atomic E-state index is 10.7. The normalized spacial score (nSPS) is 10.5. The van der Waals surface area contributed by atoms with Crippen LogP contribution in [0, 0.1) is 0 Å². The smallest absolute Gasteiger partial charge is 0.560 e. The predicted octanol–water partition coefficient (Wildman–Crippen LogP) is -0.806. The van der Waals surface area contributed by atoms with E-state index in [1.807, 2.05) is 0 Å². The third-order valence-electron chi connectivity index (χ3n) is 1.13. The number of nitrogens with one attached hydrogen (secondary N) is 1. The summed E-state index contributed by atoms with van der Waals surface area (Å²) in [5.74, 6) is 0. The van der Waals surface area contributed by atoms with Crippen molar-refractivity contribution in [2.75, 3.05) is 0 Å². The molecule has 1 N–H and O–H groups in total. The number of hydrogen-bond acceptors (Lipinski definition) is 2. The van der Waals surface area contributed by atoms with E-state index < -0.39 is 10.0 Å². The van der Waals surface area contributed by atoms with E-state index in [1.165, 1.54) is 6.07 Å². The van der Waals surface area contributed by atoms with Crippen LogP contribution in [0.5, 0.6) is 0 Å². The first-order valence-electron chi connectivity index (χ1n) is 2.76. The average molecular weight is 258 g/mol. The van der Waals surface area contributed by atoms with Crippen LogP contribution in [0.2, 0.25) is 0 Å². The van der Waals surface area contributed by atoms with Crippen LogP contribution in [-0.2, 0) is 10.0 Å². The second-order valence-electron chi connectivity index (χ2n) is 1.93. The minimum Gasteiger partial charge on any atom is -0.560 e. The molecule has 1 aromatic carbocycles. The molecule has 60 valence electrons. The Bertz CT molecular complexity index is 366. The molecule has 0 spiro atoms. The van der Waals surface area contributed by atoms with E-state index in [2.05, 4.69) is 15.9 Å². The van der Waals surface area contributed by atoms with Crippen molar-refractivity contribution in [2.24, 2.45) is 0 Å². The molecule has 1 aromatic rings. The van der Waals surface area contributed by atoms with Crippen molar-refractivity contribution in [3.63, 3.8) is 0 Å². The molecule has 12 heavy (non-hydrogen) atoms. The molecule has 1 rings (SSSR count). The van der Waals surface area contributed by atoms with Gasteiger partial charge < -0.3 is 5.14 Å². The van der Waals surface area contributed by atoms with Gasteiger partial charge in [-0.3, -0.25) is 0 Å². The summed E-state index contributed by atoms with van der Waals surface area (Å²) in [4.78, 5) is 0.000000000000000444. The van der Waals surface area contributed by atoms with Crippen LogP contribution in [0.4, 0.5) is 0 Å².